The molecular formula is C13H24N2OS. The van der Waals surface area contributed by atoms with Gasteiger partial charge >= 0.3 is 0 Å². The molecule has 2 fully saturated rings. The van der Waals surface area contributed by atoms with Crippen LogP contribution < -0.4 is 0 Å². The number of thioether (sulfide) groups is 1. The van der Waals surface area contributed by atoms with E-state index in [2.05, 4.69) is 9.80 Å². The van der Waals surface area contributed by atoms with Crippen molar-refractivity contribution in [3.8, 4) is 0 Å². The van der Waals surface area contributed by atoms with E-state index < -0.39 is 0 Å². The Balaban J connectivity index is 1.91. The number of amides is 1. The van der Waals surface area contributed by atoms with E-state index in [4.69, 9.17) is 0 Å². The molecule has 2 saturated heterocycles. The monoisotopic (exact) mass is 256 g/mol. The molecule has 2 aliphatic heterocycles. The molecule has 4 heteroatoms. The number of carbonyl (C=O) groups excluding carboxylic acids is 1. The Bertz CT molecular complexity index is 254. The quantitative estimate of drug-likeness (QED) is 0.753. The summed E-state index contributed by atoms with van der Waals surface area (Å²) in [6.07, 6.45) is 5.20. The third kappa shape index (κ3) is 3.88. The van der Waals surface area contributed by atoms with Gasteiger partial charge in [-0.05, 0) is 38.1 Å². The fourth-order valence-electron chi connectivity index (χ4n) is 2.83. The highest BCUT2D eigenvalue weighted by molar-refractivity contribution is 7.99. The Hall–Kier alpha value is -0.220. The minimum absolute atomic E-state index is 0.259. The van der Waals surface area contributed by atoms with Crippen LogP contribution in [0.5, 0.6) is 0 Å². The molecule has 2 aliphatic rings. The third-order valence-corrected chi connectivity index (χ3v) is 4.96. The summed E-state index contributed by atoms with van der Waals surface area (Å²) in [5.41, 5.74) is 0. The predicted octanol–water partition coefficient (Wildman–Crippen LogP) is 1.83. The van der Waals surface area contributed by atoms with Crippen LogP contribution in [0.2, 0.25) is 0 Å². The van der Waals surface area contributed by atoms with E-state index in [0.717, 1.165) is 25.3 Å². The second-order valence-electron chi connectivity index (χ2n) is 5.16. The maximum absolute atomic E-state index is 11.7. The molecule has 2 heterocycles. The molecule has 0 aromatic heterocycles. The van der Waals surface area contributed by atoms with E-state index in [1.54, 1.807) is 6.92 Å². The molecule has 0 spiro atoms. The van der Waals surface area contributed by atoms with Gasteiger partial charge in [-0.15, -0.1) is 0 Å². The number of likely N-dealkylation sites (tertiary alicyclic amines) is 1. The van der Waals surface area contributed by atoms with Gasteiger partial charge in [-0.1, -0.05) is 6.42 Å². The molecule has 0 N–H and O–H groups in total. The molecule has 1 amide bonds. The molecule has 0 aromatic carbocycles. The molecule has 2 rings (SSSR count). The fraction of sp³-hybridized carbons (Fsp3) is 0.923. The summed E-state index contributed by atoms with van der Waals surface area (Å²) in [6, 6.07) is 0.443. The molecule has 0 aliphatic carbocycles. The molecule has 0 bridgehead atoms. The van der Waals surface area contributed by atoms with Crippen LogP contribution in [0.1, 0.15) is 32.6 Å². The van der Waals surface area contributed by atoms with Crippen molar-refractivity contribution in [3.63, 3.8) is 0 Å². The largest absolute Gasteiger partial charge is 0.338 e. The van der Waals surface area contributed by atoms with Gasteiger partial charge in [0.15, 0.2) is 0 Å². The maximum Gasteiger partial charge on any atom is 0.219 e. The highest BCUT2D eigenvalue weighted by Gasteiger charge is 2.25. The fourth-order valence-corrected chi connectivity index (χ4v) is 3.89. The molecule has 0 aromatic rings. The lowest BCUT2D eigenvalue weighted by atomic mass is 10.1. The summed E-state index contributed by atoms with van der Waals surface area (Å²) in [5.74, 6) is 2.59. The molecule has 0 unspecified atom stereocenters. The Morgan fingerprint density at radius 1 is 1.18 bits per heavy atom. The first-order valence-electron chi connectivity index (χ1n) is 6.84. The highest BCUT2D eigenvalue weighted by atomic mass is 32.2. The number of piperidine rings is 1. The zero-order valence-electron chi connectivity index (χ0n) is 10.9. The van der Waals surface area contributed by atoms with E-state index in [-0.39, 0.29) is 5.91 Å². The predicted molar refractivity (Wildman–Crippen MR) is 73.4 cm³/mol. The van der Waals surface area contributed by atoms with Gasteiger partial charge in [-0.3, -0.25) is 4.79 Å². The van der Waals surface area contributed by atoms with Crippen molar-refractivity contribution in [2.45, 2.75) is 38.6 Å². The first-order valence-corrected chi connectivity index (χ1v) is 8.00. The lowest BCUT2D eigenvalue weighted by Crippen LogP contribution is -2.48. The van der Waals surface area contributed by atoms with Crippen LogP contribution >= 0.6 is 11.8 Å². The van der Waals surface area contributed by atoms with Gasteiger partial charge in [0.05, 0.1) is 6.04 Å². The SMILES string of the molecule is CC(=O)N1CCCSC[C@H]1CN1CCCCC1. The van der Waals surface area contributed by atoms with Gasteiger partial charge in [-0.2, -0.15) is 11.8 Å². The van der Waals surface area contributed by atoms with Gasteiger partial charge in [0, 0.05) is 25.8 Å². The lowest BCUT2D eigenvalue weighted by molar-refractivity contribution is -0.131. The van der Waals surface area contributed by atoms with Crippen LogP contribution in [0.4, 0.5) is 0 Å². The van der Waals surface area contributed by atoms with Gasteiger partial charge in [0.2, 0.25) is 5.91 Å². The number of hydrogen-bond acceptors (Lipinski definition) is 3. The second-order valence-corrected chi connectivity index (χ2v) is 6.31. The molecule has 3 nitrogen and oxygen atoms in total. The standard InChI is InChI=1S/C13H24N2OS/c1-12(16)15-8-5-9-17-11-13(15)10-14-6-3-2-4-7-14/h13H,2-11H2,1H3/t13-/m1/s1. The van der Waals surface area contributed by atoms with Crippen molar-refractivity contribution < 1.29 is 4.79 Å². The van der Waals surface area contributed by atoms with Gasteiger partial charge in [0.25, 0.3) is 0 Å². The Kier molecular flexibility index (Phi) is 5.16. The van der Waals surface area contributed by atoms with Crippen molar-refractivity contribution in [1.29, 1.82) is 0 Å². The average Bonchev–Trinajstić information content (AvgIpc) is 2.56. The minimum atomic E-state index is 0.259. The van der Waals surface area contributed by atoms with Crippen LogP contribution in [0.3, 0.4) is 0 Å². The van der Waals surface area contributed by atoms with Gasteiger partial charge in [0.1, 0.15) is 0 Å². The Labute approximate surface area is 109 Å². The number of rotatable bonds is 2. The molecular weight excluding hydrogens is 232 g/mol. The minimum Gasteiger partial charge on any atom is -0.338 e. The maximum atomic E-state index is 11.7. The van der Waals surface area contributed by atoms with E-state index in [1.165, 1.54) is 38.1 Å². The summed E-state index contributed by atoms with van der Waals surface area (Å²) in [6.45, 7) is 6.23. The molecule has 17 heavy (non-hydrogen) atoms. The van der Waals surface area contributed by atoms with E-state index >= 15 is 0 Å². The topological polar surface area (TPSA) is 23.6 Å². The summed E-state index contributed by atoms with van der Waals surface area (Å²) < 4.78 is 0. The summed E-state index contributed by atoms with van der Waals surface area (Å²) in [4.78, 5) is 16.4. The summed E-state index contributed by atoms with van der Waals surface area (Å²) in [5, 5.41) is 0. The molecule has 98 valence electrons. The summed E-state index contributed by atoms with van der Waals surface area (Å²) in [7, 11) is 0. The lowest BCUT2D eigenvalue weighted by Gasteiger charge is -2.35. The van der Waals surface area contributed by atoms with Crippen LogP contribution in [0, 0.1) is 0 Å². The number of carbonyl (C=O) groups is 1. The molecule has 0 saturated carbocycles. The Morgan fingerprint density at radius 3 is 2.65 bits per heavy atom. The zero-order chi connectivity index (χ0) is 12.1. The van der Waals surface area contributed by atoms with Crippen molar-refractivity contribution >= 4 is 17.7 Å². The first-order chi connectivity index (χ1) is 8.27. The van der Waals surface area contributed by atoms with E-state index in [1.807, 2.05) is 11.8 Å². The first kappa shape index (κ1) is 13.2. The smallest absolute Gasteiger partial charge is 0.219 e. The van der Waals surface area contributed by atoms with Crippen molar-refractivity contribution in [1.82, 2.24) is 9.80 Å². The molecule has 1 atom stereocenters. The second kappa shape index (κ2) is 6.64. The van der Waals surface area contributed by atoms with Crippen molar-refractivity contribution in [3.05, 3.63) is 0 Å². The average molecular weight is 256 g/mol. The van der Waals surface area contributed by atoms with E-state index in [9.17, 15) is 4.79 Å². The van der Waals surface area contributed by atoms with E-state index in [0.29, 0.717) is 6.04 Å². The van der Waals surface area contributed by atoms with Crippen LogP contribution in [0.25, 0.3) is 0 Å². The number of nitrogens with zero attached hydrogens (tertiary/aromatic N) is 2. The van der Waals surface area contributed by atoms with Gasteiger partial charge < -0.3 is 9.80 Å². The van der Waals surface area contributed by atoms with Crippen molar-refractivity contribution in [2.24, 2.45) is 0 Å². The van der Waals surface area contributed by atoms with Crippen molar-refractivity contribution in [2.75, 3.05) is 37.7 Å². The van der Waals surface area contributed by atoms with Crippen LogP contribution in [-0.4, -0.2) is 59.4 Å². The summed E-state index contributed by atoms with van der Waals surface area (Å²) >= 11 is 2.01. The normalized spacial score (nSPS) is 27.8. The highest BCUT2D eigenvalue weighted by Crippen LogP contribution is 2.19. The van der Waals surface area contributed by atoms with Crippen LogP contribution in [0.15, 0.2) is 0 Å². The molecule has 0 radical (unpaired) electrons. The Morgan fingerprint density at radius 2 is 1.94 bits per heavy atom. The van der Waals surface area contributed by atoms with Crippen LogP contribution in [-0.2, 0) is 4.79 Å². The number of hydrogen-bond donors (Lipinski definition) is 0. The third-order valence-electron chi connectivity index (χ3n) is 3.76. The zero-order valence-corrected chi connectivity index (χ0v) is 11.7. The van der Waals surface area contributed by atoms with Gasteiger partial charge in [-0.25, -0.2) is 0 Å².